The minimum Gasteiger partial charge on any atom is -0.467 e. The van der Waals surface area contributed by atoms with Crippen molar-refractivity contribution in [1.29, 1.82) is 0 Å². The van der Waals surface area contributed by atoms with E-state index in [0.29, 0.717) is 36.5 Å². The number of unbranched alkanes of at least 4 members (excludes halogenated alkanes) is 1. The normalized spacial score (nSPS) is 11.3. The summed E-state index contributed by atoms with van der Waals surface area (Å²) >= 11 is 5.86. The van der Waals surface area contributed by atoms with E-state index in [1.54, 1.807) is 24.3 Å². The van der Waals surface area contributed by atoms with E-state index in [0.717, 1.165) is 6.20 Å². The SMILES string of the molecule is COC(=O)C(CCCCNc1nc(Nc2ccc(Cl)cc2)ncc1[N+](=O)[O-])NC(C)=O. The largest absolute Gasteiger partial charge is 0.467 e. The minimum atomic E-state index is -0.730. The number of carbonyl (C=O) groups excluding carboxylic acids is 2. The van der Waals surface area contributed by atoms with Gasteiger partial charge in [0.25, 0.3) is 0 Å². The van der Waals surface area contributed by atoms with Crippen molar-refractivity contribution in [2.45, 2.75) is 32.2 Å². The molecule has 1 heterocycles. The first kappa shape index (κ1) is 23.8. The molecule has 1 aromatic heterocycles. The van der Waals surface area contributed by atoms with E-state index in [9.17, 15) is 19.7 Å². The fourth-order valence-electron chi connectivity index (χ4n) is 2.68. The van der Waals surface area contributed by atoms with E-state index >= 15 is 0 Å². The summed E-state index contributed by atoms with van der Waals surface area (Å²) in [6.07, 6.45) is 2.65. The predicted molar refractivity (Wildman–Crippen MR) is 115 cm³/mol. The number of halogens is 1. The second kappa shape index (κ2) is 11.6. The number of anilines is 3. The molecule has 1 aromatic carbocycles. The summed E-state index contributed by atoms with van der Waals surface area (Å²) in [5, 5.41) is 20.3. The van der Waals surface area contributed by atoms with Crippen LogP contribution in [0, 0.1) is 10.1 Å². The minimum absolute atomic E-state index is 0.0721. The number of aromatic nitrogens is 2. The lowest BCUT2D eigenvalue weighted by Crippen LogP contribution is -2.40. The van der Waals surface area contributed by atoms with Crippen molar-refractivity contribution in [3.8, 4) is 0 Å². The van der Waals surface area contributed by atoms with Gasteiger partial charge in [0.1, 0.15) is 12.2 Å². The quantitative estimate of drug-likeness (QED) is 0.203. The second-order valence-corrected chi connectivity index (χ2v) is 6.95. The molecule has 0 spiro atoms. The number of carbonyl (C=O) groups is 2. The molecule has 2 aromatic rings. The third-order valence-electron chi connectivity index (χ3n) is 4.14. The molecule has 0 aliphatic heterocycles. The number of esters is 1. The van der Waals surface area contributed by atoms with Crippen LogP contribution in [-0.2, 0) is 14.3 Å². The number of benzene rings is 1. The molecular formula is C19H23ClN6O5. The van der Waals surface area contributed by atoms with Gasteiger partial charge in [-0.15, -0.1) is 0 Å². The van der Waals surface area contributed by atoms with E-state index in [1.807, 2.05) is 0 Å². The number of hydrogen-bond acceptors (Lipinski definition) is 9. The molecule has 0 bridgehead atoms. The number of nitrogens with one attached hydrogen (secondary N) is 3. The summed E-state index contributed by atoms with van der Waals surface area (Å²) < 4.78 is 4.67. The molecule has 0 radical (unpaired) electrons. The van der Waals surface area contributed by atoms with E-state index in [4.69, 9.17) is 11.6 Å². The highest BCUT2D eigenvalue weighted by molar-refractivity contribution is 6.30. The zero-order valence-electron chi connectivity index (χ0n) is 17.1. The summed E-state index contributed by atoms with van der Waals surface area (Å²) in [4.78, 5) is 41.8. The predicted octanol–water partition coefficient (Wildman–Crippen LogP) is 3.04. The molecule has 0 saturated heterocycles. The molecule has 12 heteroatoms. The third-order valence-corrected chi connectivity index (χ3v) is 4.39. The van der Waals surface area contributed by atoms with Crippen LogP contribution in [0.3, 0.4) is 0 Å². The van der Waals surface area contributed by atoms with Gasteiger partial charge in [-0.05, 0) is 43.5 Å². The van der Waals surface area contributed by atoms with E-state index < -0.39 is 16.9 Å². The van der Waals surface area contributed by atoms with Crippen LogP contribution in [0.2, 0.25) is 5.02 Å². The standard InChI is InChI=1S/C19H23ClN6O5/c1-12(27)23-15(18(28)31-2)5-3-4-10-21-17-16(26(29)30)11-22-19(25-17)24-14-8-6-13(20)7-9-14/h6-9,11,15H,3-5,10H2,1-2H3,(H,23,27)(H2,21,22,24,25). The Morgan fingerprint density at radius 2 is 1.97 bits per heavy atom. The molecule has 31 heavy (non-hydrogen) atoms. The van der Waals surface area contributed by atoms with Crippen molar-refractivity contribution in [2.75, 3.05) is 24.3 Å². The number of ether oxygens (including phenoxy) is 1. The highest BCUT2D eigenvalue weighted by atomic mass is 35.5. The van der Waals surface area contributed by atoms with Crippen molar-refractivity contribution in [3.63, 3.8) is 0 Å². The number of hydrogen-bond donors (Lipinski definition) is 3. The fourth-order valence-corrected chi connectivity index (χ4v) is 2.80. The molecule has 1 amide bonds. The van der Waals surface area contributed by atoms with Gasteiger partial charge < -0.3 is 20.7 Å². The maximum Gasteiger partial charge on any atom is 0.329 e. The molecule has 0 fully saturated rings. The molecular weight excluding hydrogens is 428 g/mol. The Labute approximate surface area is 183 Å². The molecule has 1 unspecified atom stereocenters. The van der Waals surface area contributed by atoms with Crippen LogP contribution in [0.4, 0.5) is 23.1 Å². The Morgan fingerprint density at radius 1 is 1.26 bits per heavy atom. The Kier molecular flexibility index (Phi) is 8.94. The van der Waals surface area contributed by atoms with Crippen LogP contribution in [0.15, 0.2) is 30.5 Å². The molecule has 0 aliphatic carbocycles. The van der Waals surface area contributed by atoms with Crippen LogP contribution in [0.1, 0.15) is 26.2 Å². The van der Waals surface area contributed by atoms with Crippen molar-refractivity contribution >= 4 is 46.6 Å². The van der Waals surface area contributed by atoms with Gasteiger partial charge in [-0.25, -0.2) is 9.78 Å². The number of nitro groups is 1. The van der Waals surface area contributed by atoms with Crippen LogP contribution >= 0.6 is 11.6 Å². The maximum absolute atomic E-state index is 11.7. The maximum atomic E-state index is 11.7. The lowest BCUT2D eigenvalue weighted by molar-refractivity contribution is -0.384. The average molecular weight is 451 g/mol. The van der Waals surface area contributed by atoms with Crippen LogP contribution in [0.5, 0.6) is 0 Å². The number of nitrogens with zero attached hydrogens (tertiary/aromatic N) is 3. The van der Waals surface area contributed by atoms with Crippen LogP contribution < -0.4 is 16.0 Å². The summed E-state index contributed by atoms with van der Waals surface area (Å²) in [6, 6.07) is 6.11. The van der Waals surface area contributed by atoms with Gasteiger partial charge in [0.2, 0.25) is 17.7 Å². The molecule has 11 nitrogen and oxygen atoms in total. The zero-order chi connectivity index (χ0) is 22.8. The van der Waals surface area contributed by atoms with E-state index in [1.165, 1.54) is 14.0 Å². The highest BCUT2D eigenvalue weighted by Gasteiger charge is 2.20. The zero-order valence-corrected chi connectivity index (χ0v) is 17.8. The fraction of sp³-hybridized carbons (Fsp3) is 0.368. The summed E-state index contributed by atoms with van der Waals surface area (Å²) in [5.74, 6) is -0.590. The number of methoxy groups -OCH3 is 1. The first-order valence-electron chi connectivity index (χ1n) is 9.43. The van der Waals surface area contributed by atoms with Gasteiger partial charge in [0.05, 0.1) is 12.0 Å². The van der Waals surface area contributed by atoms with E-state index in [2.05, 4.69) is 30.7 Å². The van der Waals surface area contributed by atoms with Gasteiger partial charge in [-0.1, -0.05) is 11.6 Å². The number of amides is 1. The van der Waals surface area contributed by atoms with Gasteiger partial charge in [-0.3, -0.25) is 14.9 Å². The Morgan fingerprint density at radius 3 is 2.58 bits per heavy atom. The third kappa shape index (κ3) is 7.70. The lowest BCUT2D eigenvalue weighted by Gasteiger charge is -2.15. The van der Waals surface area contributed by atoms with Crippen LogP contribution in [0.25, 0.3) is 0 Å². The first-order chi connectivity index (χ1) is 14.8. The lowest BCUT2D eigenvalue weighted by atomic mass is 10.1. The summed E-state index contributed by atoms with van der Waals surface area (Å²) in [6.45, 7) is 1.69. The molecule has 0 saturated carbocycles. The molecule has 3 N–H and O–H groups in total. The highest BCUT2D eigenvalue weighted by Crippen LogP contribution is 2.24. The van der Waals surface area contributed by atoms with E-state index in [-0.39, 0.29) is 23.4 Å². The monoisotopic (exact) mass is 450 g/mol. The molecule has 0 aliphatic rings. The topological polar surface area (TPSA) is 148 Å². The van der Waals surface area contributed by atoms with Crippen molar-refractivity contribution in [2.24, 2.45) is 0 Å². The Bertz CT molecular complexity index is 925. The van der Waals surface area contributed by atoms with Crippen molar-refractivity contribution in [1.82, 2.24) is 15.3 Å². The second-order valence-electron chi connectivity index (χ2n) is 6.52. The van der Waals surface area contributed by atoms with Gasteiger partial charge in [-0.2, -0.15) is 4.98 Å². The number of rotatable bonds is 11. The first-order valence-corrected chi connectivity index (χ1v) is 9.80. The molecule has 2 rings (SSSR count). The van der Waals surface area contributed by atoms with Gasteiger partial charge >= 0.3 is 11.7 Å². The van der Waals surface area contributed by atoms with Crippen molar-refractivity contribution in [3.05, 3.63) is 45.6 Å². The summed E-state index contributed by atoms with van der Waals surface area (Å²) in [5.41, 5.74) is 0.420. The Hall–Kier alpha value is -3.47. The smallest absolute Gasteiger partial charge is 0.329 e. The van der Waals surface area contributed by atoms with Crippen LogP contribution in [-0.4, -0.2) is 46.5 Å². The Balaban J connectivity index is 1.96. The molecule has 1 atom stereocenters. The molecule has 166 valence electrons. The van der Waals surface area contributed by atoms with Gasteiger partial charge in [0.15, 0.2) is 0 Å². The summed E-state index contributed by atoms with van der Waals surface area (Å²) in [7, 11) is 1.25. The average Bonchev–Trinajstić information content (AvgIpc) is 2.73. The van der Waals surface area contributed by atoms with Crippen molar-refractivity contribution < 1.29 is 19.2 Å². The van der Waals surface area contributed by atoms with Gasteiger partial charge in [0, 0.05) is 24.2 Å².